The van der Waals surface area contributed by atoms with Crippen LogP contribution in [0.4, 0.5) is 0 Å². The molecule has 0 radical (unpaired) electrons. The Labute approximate surface area is 81.9 Å². The van der Waals surface area contributed by atoms with Crippen LogP contribution in [0.5, 0.6) is 0 Å². The van der Waals surface area contributed by atoms with Gasteiger partial charge in [-0.1, -0.05) is 13.8 Å². The molecule has 0 saturated carbocycles. The van der Waals surface area contributed by atoms with Crippen LogP contribution in [0.3, 0.4) is 0 Å². The first kappa shape index (κ1) is 12.9. The Morgan fingerprint density at radius 2 is 1.85 bits per heavy atom. The van der Waals surface area contributed by atoms with E-state index in [9.17, 15) is 0 Å². The monoisotopic (exact) mass is 188 g/mol. The molecule has 0 amide bonds. The largest absolute Gasteiger partial charge is 0.396 e. The Hall–Kier alpha value is -0.120. The van der Waals surface area contributed by atoms with E-state index in [1.54, 1.807) is 0 Å². The van der Waals surface area contributed by atoms with Crippen LogP contribution in [-0.2, 0) is 0 Å². The number of nitrogens with one attached hydrogen (secondary N) is 2. The van der Waals surface area contributed by atoms with Gasteiger partial charge in [-0.05, 0) is 38.8 Å². The van der Waals surface area contributed by atoms with E-state index in [-0.39, 0.29) is 0 Å². The minimum absolute atomic E-state index is 0.324. The van der Waals surface area contributed by atoms with Crippen molar-refractivity contribution in [1.29, 1.82) is 0 Å². The third-order valence-electron chi connectivity index (χ3n) is 2.08. The molecule has 0 aromatic rings. The highest BCUT2D eigenvalue weighted by Crippen LogP contribution is 1.93. The van der Waals surface area contributed by atoms with E-state index in [2.05, 4.69) is 24.5 Å². The van der Waals surface area contributed by atoms with Gasteiger partial charge in [-0.2, -0.15) is 0 Å². The van der Waals surface area contributed by atoms with Crippen molar-refractivity contribution in [3.8, 4) is 0 Å². The Bertz CT molecular complexity index is 98.9. The summed E-state index contributed by atoms with van der Waals surface area (Å²) in [4.78, 5) is 0. The fourth-order valence-corrected chi connectivity index (χ4v) is 1.30. The average molecular weight is 188 g/mol. The first-order chi connectivity index (χ1) is 6.35. The maximum absolute atomic E-state index is 8.57. The molecule has 0 aliphatic carbocycles. The maximum Gasteiger partial charge on any atom is 0.0568 e. The lowest BCUT2D eigenvalue weighted by Crippen LogP contribution is -2.41. The van der Waals surface area contributed by atoms with Crippen LogP contribution in [0.25, 0.3) is 0 Å². The van der Waals surface area contributed by atoms with E-state index in [0.717, 1.165) is 38.8 Å². The minimum Gasteiger partial charge on any atom is -0.396 e. The van der Waals surface area contributed by atoms with Gasteiger partial charge >= 0.3 is 0 Å². The van der Waals surface area contributed by atoms with Crippen molar-refractivity contribution in [1.82, 2.24) is 10.6 Å². The Morgan fingerprint density at radius 1 is 1.08 bits per heavy atom. The number of hydrogen-bond acceptors (Lipinski definition) is 3. The van der Waals surface area contributed by atoms with Crippen LogP contribution in [0, 0.1) is 0 Å². The molecule has 0 spiro atoms. The Balaban J connectivity index is 3.17. The summed E-state index contributed by atoms with van der Waals surface area (Å²) in [5.41, 5.74) is 0. The summed E-state index contributed by atoms with van der Waals surface area (Å²) in [7, 11) is 0. The van der Waals surface area contributed by atoms with Crippen LogP contribution in [-0.4, -0.2) is 31.0 Å². The number of unbranched alkanes of at least 4 members (excludes halogenated alkanes) is 2. The molecular formula is C10H24N2O. The third-order valence-corrected chi connectivity index (χ3v) is 2.08. The van der Waals surface area contributed by atoms with Gasteiger partial charge in [0.2, 0.25) is 0 Å². The van der Waals surface area contributed by atoms with E-state index < -0.39 is 0 Å². The number of aliphatic hydroxyl groups is 1. The molecule has 0 heterocycles. The van der Waals surface area contributed by atoms with Gasteiger partial charge in [0.25, 0.3) is 0 Å². The molecule has 3 N–H and O–H groups in total. The molecular weight excluding hydrogens is 164 g/mol. The molecule has 0 rings (SSSR count). The summed E-state index contributed by atoms with van der Waals surface area (Å²) in [6, 6.07) is 0. The molecule has 80 valence electrons. The highest BCUT2D eigenvalue weighted by atomic mass is 16.2. The molecule has 0 aromatic heterocycles. The number of rotatable bonds is 9. The van der Waals surface area contributed by atoms with Crippen molar-refractivity contribution >= 4 is 0 Å². The first-order valence-electron chi connectivity index (χ1n) is 5.42. The molecule has 1 atom stereocenters. The molecule has 0 aliphatic rings. The molecule has 0 fully saturated rings. The molecule has 13 heavy (non-hydrogen) atoms. The van der Waals surface area contributed by atoms with Crippen molar-refractivity contribution in [3.63, 3.8) is 0 Å². The van der Waals surface area contributed by atoms with Crippen molar-refractivity contribution in [2.75, 3.05) is 19.7 Å². The smallest absolute Gasteiger partial charge is 0.0568 e. The fourth-order valence-electron chi connectivity index (χ4n) is 1.30. The number of hydrogen-bond donors (Lipinski definition) is 3. The number of aliphatic hydroxyl groups excluding tert-OH is 1. The van der Waals surface area contributed by atoms with Gasteiger partial charge in [-0.3, -0.25) is 0 Å². The second kappa shape index (κ2) is 9.96. The van der Waals surface area contributed by atoms with Crippen molar-refractivity contribution in [3.05, 3.63) is 0 Å². The van der Waals surface area contributed by atoms with Crippen molar-refractivity contribution in [2.45, 2.75) is 45.7 Å². The van der Waals surface area contributed by atoms with Gasteiger partial charge in [0.05, 0.1) is 6.17 Å². The normalized spacial score (nSPS) is 13.2. The van der Waals surface area contributed by atoms with Crippen LogP contribution < -0.4 is 10.6 Å². The summed E-state index contributed by atoms with van der Waals surface area (Å²) < 4.78 is 0. The lowest BCUT2D eigenvalue weighted by Gasteiger charge is -2.17. The summed E-state index contributed by atoms with van der Waals surface area (Å²) in [6.45, 7) is 6.68. The fraction of sp³-hybridized carbons (Fsp3) is 1.00. The van der Waals surface area contributed by atoms with E-state index in [1.165, 1.54) is 0 Å². The summed E-state index contributed by atoms with van der Waals surface area (Å²) in [6.07, 6.45) is 4.78. The Morgan fingerprint density at radius 3 is 2.38 bits per heavy atom. The zero-order chi connectivity index (χ0) is 9.94. The Kier molecular flexibility index (Phi) is 9.87. The molecule has 3 heteroatoms. The summed E-state index contributed by atoms with van der Waals surface area (Å²) in [5.74, 6) is 0. The molecule has 3 nitrogen and oxygen atoms in total. The SMILES string of the molecule is CCNC(CC)NCCCCCO. The minimum atomic E-state index is 0.324. The lowest BCUT2D eigenvalue weighted by molar-refractivity contribution is 0.282. The quantitative estimate of drug-likeness (QED) is 0.375. The highest BCUT2D eigenvalue weighted by molar-refractivity contribution is 4.60. The predicted octanol–water partition coefficient (Wildman–Crippen LogP) is 1.08. The molecule has 0 saturated heterocycles. The van der Waals surface area contributed by atoms with Gasteiger partial charge in [-0.15, -0.1) is 0 Å². The molecule has 1 unspecified atom stereocenters. The summed E-state index contributed by atoms with van der Waals surface area (Å²) >= 11 is 0. The van der Waals surface area contributed by atoms with Crippen LogP contribution in [0.1, 0.15) is 39.5 Å². The molecule has 0 aliphatic heterocycles. The zero-order valence-corrected chi connectivity index (χ0v) is 8.97. The maximum atomic E-state index is 8.57. The van der Waals surface area contributed by atoms with E-state index in [4.69, 9.17) is 5.11 Å². The highest BCUT2D eigenvalue weighted by Gasteiger charge is 2.00. The molecule has 0 aromatic carbocycles. The van der Waals surface area contributed by atoms with E-state index in [1.807, 2.05) is 0 Å². The average Bonchev–Trinajstić information content (AvgIpc) is 2.16. The van der Waals surface area contributed by atoms with Gasteiger partial charge in [0, 0.05) is 6.61 Å². The predicted molar refractivity (Wildman–Crippen MR) is 56.7 cm³/mol. The van der Waals surface area contributed by atoms with Gasteiger partial charge in [0.15, 0.2) is 0 Å². The van der Waals surface area contributed by atoms with Crippen molar-refractivity contribution in [2.24, 2.45) is 0 Å². The zero-order valence-electron chi connectivity index (χ0n) is 8.97. The van der Waals surface area contributed by atoms with Gasteiger partial charge in [-0.25, -0.2) is 0 Å². The van der Waals surface area contributed by atoms with E-state index >= 15 is 0 Å². The topological polar surface area (TPSA) is 44.3 Å². The van der Waals surface area contributed by atoms with Gasteiger partial charge < -0.3 is 15.7 Å². The molecule has 0 bridgehead atoms. The van der Waals surface area contributed by atoms with E-state index in [0.29, 0.717) is 12.8 Å². The van der Waals surface area contributed by atoms with Crippen LogP contribution in [0.2, 0.25) is 0 Å². The standard InChI is InChI=1S/C10H24N2O/c1-3-10(11-4-2)12-8-6-5-7-9-13/h10-13H,3-9H2,1-2H3. The first-order valence-corrected chi connectivity index (χ1v) is 5.42. The third kappa shape index (κ3) is 8.22. The second-order valence-corrected chi connectivity index (χ2v) is 3.26. The second-order valence-electron chi connectivity index (χ2n) is 3.26. The van der Waals surface area contributed by atoms with Crippen LogP contribution in [0.15, 0.2) is 0 Å². The van der Waals surface area contributed by atoms with Crippen LogP contribution >= 0.6 is 0 Å². The van der Waals surface area contributed by atoms with Gasteiger partial charge in [0.1, 0.15) is 0 Å². The summed E-state index contributed by atoms with van der Waals surface area (Å²) in [5, 5.41) is 15.4. The van der Waals surface area contributed by atoms with Crippen molar-refractivity contribution < 1.29 is 5.11 Å². The lowest BCUT2D eigenvalue weighted by atomic mass is 10.2.